The molecule has 2 saturated carbocycles. The van der Waals surface area contributed by atoms with Gasteiger partial charge in [-0.1, -0.05) is 37.6 Å². The number of hydrogen-bond acceptors (Lipinski definition) is 4. The quantitative estimate of drug-likeness (QED) is 0.378. The highest BCUT2D eigenvalue weighted by Crippen LogP contribution is 2.46. The van der Waals surface area contributed by atoms with Crippen molar-refractivity contribution in [2.45, 2.75) is 76.9 Å². The van der Waals surface area contributed by atoms with Crippen molar-refractivity contribution in [2.24, 2.45) is 23.7 Å². The molecule has 2 rings (SSSR count). The Morgan fingerprint density at radius 2 is 2.04 bits per heavy atom. The van der Waals surface area contributed by atoms with E-state index in [9.17, 15) is 19.8 Å². The van der Waals surface area contributed by atoms with Gasteiger partial charge < -0.3 is 15.3 Å². The number of aliphatic hydroxyl groups is 2. The van der Waals surface area contributed by atoms with E-state index in [1.54, 1.807) is 13.0 Å². The summed E-state index contributed by atoms with van der Waals surface area (Å²) in [6.07, 6.45) is 11.9. The first-order valence-electron chi connectivity index (χ1n) is 10.2. The lowest BCUT2D eigenvalue weighted by Gasteiger charge is -2.22. The highest BCUT2D eigenvalue weighted by Gasteiger charge is 2.41. The van der Waals surface area contributed by atoms with E-state index in [2.05, 4.69) is 6.92 Å². The summed E-state index contributed by atoms with van der Waals surface area (Å²) in [6, 6.07) is 0. The van der Waals surface area contributed by atoms with Crippen LogP contribution in [0, 0.1) is 23.7 Å². The van der Waals surface area contributed by atoms with Crippen molar-refractivity contribution in [2.75, 3.05) is 0 Å². The van der Waals surface area contributed by atoms with E-state index in [1.807, 2.05) is 18.2 Å². The first kappa shape index (κ1) is 21.8. The Morgan fingerprint density at radius 1 is 1.30 bits per heavy atom. The van der Waals surface area contributed by atoms with Crippen molar-refractivity contribution in [3.05, 3.63) is 24.3 Å². The summed E-state index contributed by atoms with van der Waals surface area (Å²) in [5.74, 6) is 0.0178. The number of hydrogen-bond donors (Lipinski definition) is 3. The molecule has 152 valence electrons. The maximum absolute atomic E-state index is 12.2. The van der Waals surface area contributed by atoms with Gasteiger partial charge in [-0.3, -0.25) is 9.59 Å². The van der Waals surface area contributed by atoms with Gasteiger partial charge in [-0.15, -0.1) is 0 Å². The van der Waals surface area contributed by atoms with Crippen molar-refractivity contribution < 1.29 is 24.9 Å². The molecule has 0 aromatic heterocycles. The molecule has 2 aliphatic rings. The fourth-order valence-corrected chi connectivity index (χ4v) is 4.24. The molecule has 2 aliphatic carbocycles. The van der Waals surface area contributed by atoms with E-state index in [1.165, 1.54) is 6.42 Å². The highest BCUT2D eigenvalue weighted by molar-refractivity contribution is 5.84. The maximum atomic E-state index is 12.2. The monoisotopic (exact) mass is 378 g/mol. The van der Waals surface area contributed by atoms with Crippen LogP contribution in [0.4, 0.5) is 0 Å². The largest absolute Gasteiger partial charge is 0.481 e. The number of aliphatic hydroxyl groups excluding tert-OH is 1. The number of carbonyl (C=O) groups is 2. The van der Waals surface area contributed by atoms with E-state index in [-0.39, 0.29) is 30.5 Å². The summed E-state index contributed by atoms with van der Waals surface area (Å²) in [4.78, 5) is 22.7. The number of allylic oxidation sites excluding steroid dienone is 2. The molecule has 5 heteroatoms. The minimum Gasteiger partial charge on any atom is -0.481 e. The normalized spacial score (nSPS) is 33.0. The molecule has 0 amide bonds. The fourth-order valence-electron chi connectivity index (χ4n) is 4.24. The average Bonchev–Trinajstić information content (AvgIpc) is 3.26. The summed E-state index contributed by atoms with van der Waals surface area (Å²) >= 11 is 0. The van der Waals surface area contributed by atoms with E-state index in [0.29, 0.717) is 25.2 Å². The zero-order valence-electron chi connectivity index (χ0n) is 16.5. The molecule has 0 bridgehead atoms. The molecule has 1 unspecified atom stereocenters. The van der Waals surface area contributed by atoms with Gasteiger partial charge in [-0.05, 0) is 50.9 Å². The molecule has 2 fully saturated rings. The lowest BCUT2D eigenvalue weighted by Crippen LogP contribution is -2.24. The molecular weight excluding hydrogens is 344 g/mol. The molecule has 3 N–H and O–H groups in total. The van der Waals surface area contributed by atoms with Crippen molar-refractivity contribution in [3.8, 4) is 0 Å². The van der Waals surface area contributed by atoms with Crippen LogP contribution in [0.25, 0.3) is 0 Å². The second-order valence-corrected chi connectivity index (χ2v) is 8.50. The highest BCUT2D eigenvalue weighted by atomic mass is 16.4. The number of Topliss-reactive ketones (excluding diaryl/α,β-unsaturated/α-hetero) is 1. The smallest absolute Gasteiger partial charge is 0.303 e. The Hall–Kier alpha value is -1.46. The van der Waals surface area contributed by atoms with Gasteiger partial charge in [0.05, 0.1) is 11.7 Å². The summed E-state index contributed by atoms with van der Waals surface area (Å²) in [7, 11) is 0. The molecule has 0 spiro atoms. The third-order valence-electron chi connectivity index (χ3n) is 6.00. The Labute approximate surface area is 162 Å². The zero-order chi connectivity index (χ0) is 20.0. The molecule has 0 aromatic rings. The Morgan fingerprint density at radius 3 is 2.67 bits per heavy atom. The second-order valence-electron chi connectivity index (χ2n) is 8.50. The minimum absolute atomic E-state index is 0.0558. The van der Waals surface area contributed by atoms with Gasteiger partial charge >= 0.3 is 5.97 Å². The lowest BCUT2D eigenvalue weighted by molar-refractivity contribution is -0.137. The van der Waals surface area contributed by atoms with Gasteiger partial charge in [0.2, 0.25) is 0 Å². The number of carboxylic acid groups (broad SMARTS) is 1. The minimum atomic E-state index is -0.906. The summed E-state index contributed by atoms with van der Waals surface area (Å²) in [5, 5.41) is 29.5. The van der Waals surface area contributed by atoms with E-state index < -0.39 is 17.7 Å². The molecular formula is C22H34O5. The first-order chi connectivity index (χ1) is 12.7. The summed E-state index contributed by atoms with van der Waals surface area (Å²) < 4.78 is 0. The van der Waals surface area contributed by atoms with Gasteiger partial charge in [-0.25, -0.2) is 0 Å². The molecule has 0 heterocycles. The molecule has 5 nitrogen and oxygen atoms in total. The predicted octanol–water partition coefficient (Wildman–Crippen LogP) is 3.50. The Bertz CT molecular complexity index is 577. The zero-order valence-corrected chi connectivity index (χ0v) is 16.5. The van der Waals surface area contributed by atoms with Crippen molar-refractivity contribution in [3.63, 3.8) is 0 Å². The molecule has 0 radical (unpaired) electrons. The Kier molecular flexibility index (Phi) is 7.80. The van der Waals surface area contributed by atoms with Gasteiger partial charge in [0, 0.05) is 24.7 Å². The number of ketones is 1. The van der Waals surface area contributed by atoms with Crippen LogP contribution in [0.5, 0.6) is 0 Å². The summed E-state index contributed by atoms with van der Waals surface area (Å²) in [5.41, 5.74) is -0.906. The average molecular weight is 379 g/mol. The molecule has 6 atom stereocenters. The van der Waals surface area contributed by atoms with Crippen LogP contribution in [-0.2, 0) is 9.59 Å². The number of unbranched alkanes of at least 4 members (excludes halogenated alkanes) is 1. The van der Waals surface area contributed by atoms with Crippen LogP contribution in [-0.4, -0.2) is 38.8 Å². The van der Waals surface area contributed by atoms with Gasteiger partial charge in [-0.2, -0.15) is 0 Å². The predicted molar refractivity (Wildman–Crippen MR) is 104 cm³/mol. The van der Waals surface area contributed by atoms with Gasteiger partial charge in [0.15, 0.2) is 0 Å². The first-order valence-corrected chi connectivity index (χ1v) is 10.2. The van der Waals surface area contributed by atoms with E-state index >= 15 is 0 Å². The van der Waals surface area contributed by atoms with Crippen molar-refractivity contribution in [1.82, 2.24) is 0 Å². The van der Waals surface area contributed by atoms with Gasteiger partial charge in [0.25, 0.3) is 0 Å². The van der Waals surface area contributed by atoms with E-state index in [4.69, 9.17) is 5.11 Å². The van der Waals surface area contributed by atoms with Crippen LogP contribution >= 0.6 is 0 Å². The number of carbonyl (C=O) groups excluding carboxylic acids is 1. The number of rotatable bonds is 11. The standard InChI is InChI=1S/C22H34O5/c1-3-15-12-16(15)14-22(2,27)11-10-18-17(19(23)13-20(18)24)8-6-4-5-7-9-21(25)26/h4,6,10-11,15-18,20,24,27H,3,5,7-9,12-14H2,1-2H3,(H,25,26)/b6-4-,11-10+/t15-,16-,17+,18+,20+,22?/m0/s1. The number of carboxylic acids is 1. The topological polar surface area (TPSA) is 94.8 Å². The summed E-state index contributed by atoms with van der Waals surface area (Å²) in [6.45, 7) is 3.98. The van der Waals surface area contributed by atoms with Crippen LogP contribution in [0.3, 0.4) is 0 Å². The molecule has 0 saturated heterocycles. The molecule has 0 aromatic carbocycles. The fraction of sp³-hybridized carbons (Fsp3) is 0.727. The van der Waals surface area contributed by atoms with Crippen LogP contribution in [0.2, 0.25) is 0 Å². The maximum Gasteiger partial charge on any atom is 0.303 e. The second kappa shape index (κ2) is 9.65. The third kappa shape index (κ3) is 6.89. The van der Waals surface area contributed by atoms with Crippen LogP contribution in [0.1, 0.15) is 65.2 Å². The van der Waals surface area contributed by atoms with Crippen molar-refractivity contribution >= 4 is 11.8 Å². The third-order valence-corrected chi connectivity index (χ3v) is 6.00. The molecule has 0 aliphatic heterocycles. The lowest BCUT2D eigenvalue weighted by atomic mass is 9.88. The van der Waals surface area contributed by atoms with Crippen molar-refractivity contribution in [1.29, 1.82) is 0 Å². The molecule has 27 heavy (non-hydrogen) atoms. The SMILES string of the molecule is CC[C@H]1C[C@H]1CC(C)(O)/C=C/[C@H]1[C@H](O)CC(=O)[C@@H]1C/C=C\CCCC(=O)O. The van der Waals surface area contributed by atoms with Crippen LogP contribution in [0.15, 0.2) is 24.3 Å². The van der Waals surface area contributed by atoms with E-state index in [0.717, 1.165) is 18.8 Å². The Balaban J connectivity index is 1.87. The van der Waals surface area contributed by atoms with Gasteiger partial charge in [0.1, 0.15) is 5.78 Å². The number of aliphatic carboxylic acids is 1. The van der Waals surface area contributed by atoms with Crippen LogP contribution < -0.4 is 0 Å².